The van der Waals surface area contributed by atoms with Crippen LogP contribution in [0.2, 0.25) is 0 Å². The minimum atomic E-state index is -0.682. The minimum absolute atomic E-state index is 0.0175. The summed E-state index contributed by atoms with van der Waals surface area (Å²) in [7, 11) is 0. The molecule has 0 radical (unpaired) electrons. The van der Waals surface area contributed by atoms with Crippen molar-refractivity contribution in [3.05, 3.63) is 35.9 Å². The van der Waals surface area contributed by atoms with Crippen molar-refractivity contribution >= 4 is 29.5 Å². The number of benzene rings is 1. The molecule has 3 aliphatic rings. The van der Waals surface area contributed by atoms with Crippen LogP contribution >= 0.6 is 11.8 Å². The second-order valence-corrected chi connectivity index (χ2v) is 11.8. The van der Waals surface area contributed by atoms with Crippen molar-refractivity contribution in [1.82, 2.24) is 15.5 Å². The van der Waals surface area contributed by atoms with Crippen molar-refractivity contribution in [2.75, 3.05) is 6.61 Å². The summed E-state index contributed by atoms with van der Waals surface area (Å²) in [6.45, 7) is 7.90. The first-order valence-corrected chi connectivity index (χ1v) is 12.8. The Labute approximate surface area is 200 Å². The van der Waals surface area contributed by atoms with Gasteiger partial charge >= 0.3 is 0 Å². The summed E-state index contributed by atoms with van der Waals surface area (Å²) in [5.74, 6) is -1.50. The third kappa shape index (κ3) is 4.05. The van der Waals surface area contributed by atoms with Crippen LogP contribution in [0.4, 0.5) is 0 Å². The first-order valence-electron chi connectivity index (χ1n) is 11.9. The lowest BCUT2D eigenvalue weighted by molar-refractivity contribution is -0.143. The molecule has 180 valence electrons. The molecular formula is C25H35N3O4S. The van der Waals surface area contributed by atoms with Gasteiger partial charge in [0, 0.05) is 17.8 Å². The van der Waals surface area contributed by atoms with E-state index in [0.717, 1.165) is 18.4 Å². The van der Waals surface area contributed by atoms with Crippen molar-refractivity contribution in [3.63, 3.8) is 0 Å². The maximum atomic E-state index is 13.9. The van der Waals surface area contributed by atoms with E-state index >= 15 is 0 Å². The molecule has 2 bridgehead atoms. The monoisotopic (exact) mass is 473 g/mol. The number of carbonyl (C=O) groups excluding carboxylic acids is 3. The Morgan fingerprint density at radius 2 is 1.88 bits per heavy atom. The zero-order chi connectivity index (χ0) is 23.9. The summed E-state index contributed by atoms with van der Waals surface area (Å²) < 4.78 is -0.627. The zero-order valence-corrected chi connectivity index (χ0v) is 20.6. The maximum absolute atomic E-state index is 13.9. The van der Waals surface area contributed by atoms with Gasteiger partial charge in [-0.25, -0.2) is 0 Å². The number of nitrogens with zero attached hydrogens (tertiary/aromatic N) is 1. The number of nitrogens with one attached hydrogen (secondary N) is 2. The van der Waals surface area contributed by atoms with Crippen LogP contribution in [0.25, 0.3) is 0 Å². The van der Waals surface area contributed by atoms with Crippen LogP contribution in [0.3, 0.4) is 0 Å². The van der Waals surface area contributed by atoms with Gasteiger partial charge < -0.3 is 20.6 Å². The second kappa shape index (κ2) is 9.29. The molecule has 3 aliphatic heterocycles. The number of thioether (sulfide) groups is 1. The SMILES string of the molecule is CC(C)NC(=O)C1N([C@@H](CO)C(C)C)C(=O)[C@@H]2[C@H](C(=O)NCc3ccccc3)[C@@H]3CCC12S3. The summed E-state index contributed by atoms with van der Waals surface area (Å²) in [4.78, 5) is 42.4. The number of amides is 3. The van der Waals surface area contributed by atoms with Crippen LogP contribution in [0.1, 0.15) is 46.1 Å². The molecule has 8 heteroatoms. The number of hydrogen-bond donors (Lipinski definition) is 3. The van der Waals surface area contributed by atoms with Gasteiger partial charge in [0.05, 0.1) is 29.2 Å². The molecule has 4 rings (SSSR count). The number of hydrogen-bond acceptors (Lipinski definition) is 5. The quantitative estimate of drug-likeness (QED) is 0.536. The molecule has 3 heterocycles. The molecule has 6 atom stereocenters. The van der Waals surface area contributed by atoms with Crippen LogP contribution in [-0.2, 0) is 20.9 Å². The molecule has 1 aromatic carbocycles. The lowest BCUT2D eigenvalue weighted by atomic mass is 9.70. The van der Waals surface area contributed by atoms with Crippen molar-refractivity contribution in [3.8, 4) is 0 Å². The Bertz CT molecular complexity index is 908. The van der Waals surface area contributed by atoms with Crippen LogP contribution in [0.15, 0.2) is 30.3 Å². The van der Waals surface area contributed by atoms with Gasteiger partial charge in [0.15, 0.2) is 0 Å². The van der Waals surface area contributed by atoms with Crippen LogP contribution < -0.4 is 10.6 Å². The highest BCUT2D eigenvalue weighted by Crippen LogP contribution is 2.66. The first-order chi connectivity index (χ1) is 15.7. The van der Waals surface area contributed by atoms with E-state index in [4.69, 9.17) is 0 Å². The van der Waals surface area contributed by atoms with E-state index in [1.54, 1.807) is 16.7 Å². The molecule has 1 aromatic rings. The normalized spacial score (nSPS) is 31.2. The van der Waals surface area contributed by atoms with Crippen LogP contribution in [0.5, 0.6) is 0 Å². The largest absolute Gasteiger partial charge is 0.394 e. The molecule has 0 aliphatic carbocycles. The molecule has 33 heavy (non-hydrogen) atoms. The highest BCUT2D eigenvalue weighted by Gasteiger charge is 2.74. The lowest BCUT2D eigenvalue weighted by Crippen LogP contribution is -2.58. The number of aliphatic hydroxyl groups excluding tert-OH is 1. The van der Waals surface area contributed by atoms with Crippen molar-refractivity contribution in [2.24, 2.45) is 17.8 Å². The molecule has 0 aromatic heterocycles. The van der Waals surface area contributed by atoms with Gasteiger partial charge in [-0.05, 0) is 38.2 Å². The van der Waals surface area contributed by atoms with E-state index in [1.807, 2.05) is 58.0 Å². The summed E-state index contributed by atoms with van der Waals surface area (Å²) >= 11 is 1.65. The van der Waals surface area contributed by atoms with E-state index in [9.17, 15) is 19.5 Å². The van der Waals surface area contributed by atoms with E-state index in [2.05, 4.69) is 10.6 Å². The Morgan fingerprint density at radius 3 is 2.48 bits per heavy atom. The van der Waals surface area contributed by atoms with E-state index in [0.29, 0.717) is 6.54 Å². The Hall–Kier alpha value is -2.06. The average molecular weight is 474 g/mol. The van der Waals surface area contributed by atoms with E-state index < -0.39 is 28.7 Å². The van der Waals surface area contributed by atoms with Crippen LogP contribution in [-0.4, -0.2) is 62.5 Å². The molecule has 7 nitrogen and oxygen atoms in total. The van der Waals surface area contributed by atoms with Gasteiger partial charge in [-0.1, -0.05) is 44.2 Å². The summed E-state index contributed by atoms with van der Waals surface area (Å²) in [6.07, 6.45) is 1.53. The molecule has 3 saturated heterocycles. The fourth-order valence-electron chi connectivity index (χ4n) is 5.93. The Balaban J connectivity index is 1.66. The van der Waals surface area contributed by atoms with Gasteiger partial charge in [-0.2, -0.15) is 0 Å². The number of rotatable bonds is 8. The van der Waals surface area contributed by atoms with Gasteiger partial charge in [0.1, 0.15) is 6.04 Å². The Kier molecular flexibility index (Phi) is 6.78. The van der Waals surface area contributed by atoms with Gasteiger partial charge in [-0.15, -0.1) is 11.8 Å². The second-order valence-electron chi connectivity index (χ2n) is 10.2. The maximum Gasteiger partial charge on any atom is 0.244 e. The van der Waals surface area contributed by atoms with Crippen molar-refractivity contribution in [1.29, 1.82) is 0 Å². The minimum Gasteiger partial charge on any atom is -0.394 e. The number of carbonyl (C=O) groups is 3. The topological polar surface area (TPSA) is 98.7 Å². The fraction of sp³-hybridized carbons (Fsp3) is 0.640. The average Bonchev–Trinajstić information content (AvgIpc) is 3.40. The van der Waals surface area contributed by atoms with E-state index in [-0.39, 0.29) is 41.5 Å². The van der Waals surface area contributed by atoms with Gasteiger partial charge in [0.2, 0.25) is 17.7 Å². The standard InChI is InChI=1S/C25H35N3O4S/c1-14(2)17(13-29)28-21(23(31)27-15(3)4)25-11-10-18(33-25)19(20(25)24(28)32)22(30)26-12-16-8-6-5-7-9-16/h5-9,14-15,17-21,29H,10-13H2,1-4H3,(H,26,30)(H,27,31)/t17-,18-,19+,20-,21?,25?/m0/s1. The fourth-order valence-corrected chi connectivity index (χ4v) is 8.14. The predicted molar refractivity (Wildman–Crippen MR) is 128 cm³/mol. The molecule has 1 spiro atoms. The third-order valence-corrected chi connectivity index (χ3v) is 9.30. The van der Waals surface area contributed by atoms with E-state index in [1.165, 1.54) is 0 Å². The third-order valence-electron chi connectivity index (χ3n) is 7.34. The molecule has 2 unspecified atom stereocenters. The van der Waals surface area contributed by atoms with Crippen molar-refractivity contribution < 1.29 is 19.5 Å². The molecular weight excluding hydrogens is 438 g/mol. The van der Waals surface area contributed by atoms with Crippen molar-refractivity contribution in [2.45, 2.75) is 75.2 Å². The number of aliphatic hydroxyl groups is 1. The summed E-state index contributed by atoms with van der Waals surface area (Å²) in [5.41, 5.74) is 1.00. The zero-order valence-electron chi connectivity index (χ0n) is 19.8. The summed E-state index contributed by atoms with van der Waals surface area (Å²) in [6, 6.07) is 8.50. The number of likely N-dealkylation sites (tertiary alicyclic amines) is 1. The smallest absolute Gasteiger partial charge is 0.244 e. The highest BCUT2D eigenvalue weighted by atomic mass is 32.2. The summed E-state index contributed by atoms with van der Waals surface area (Å²) in [5, 5.41) is 16.2. The molecule has 0 saturated carbocycles. The van der Waals surface area contributed by atoms with Gasteiger partial charge in [-0.3, -0.25) is 14.4 Å². The van der Waals surface area contributed by atoms with Crippen LogP contribution in [0, 0.1) is 17.8 Å². The first kappa shape index (κ1) is 24.1. The lowest BCUT2D eigenvalue weighted by Gasteiger charge is -2.38. The molecule has 3 fully saturated rings. The number of fused-ring (bicyclic) bond motifs is 1. The molecule has 3 amide bonds. The Morgan fingerprint density at radius 1 is 1.18 bits per heavy atom. The predicted octanol–water partition coefficient (Wildman–Crippen LogP) is 1.94. The highest BCUT2D eigenvalue weighted by molar-refractivity contribution is 8.02. The van der Waals surface area contributed by atoms with Gasteiger partial charge in [0.25, 0.3) is 0 Å². The molecule has 3 N–H and O–H groups in total.